The Morgan fingerprint density at radius 3 is 2.56 bits per heavy atom. The molecule has 1 saturated carbocycles. The molecule has 0 aromatic heterocycles. The topological polar surface area (TPSA) is 24.5 Å². The van der Waals surface area contributed by atoms with E-state index in [0.29, 0.717) is 6.04 Å². The molecular formula is C15H22N2O. The van der Waals surface area contributed by atoms with Crippen molar-refractivity contribution in [1.29, 1.82) is 0 Å². The van der Waals surface area contributed by atoms with Gasteiger partial charge in [0.1, 0.15) is 5.75 Å². The predicted octanol–water partition coefficient (Wildman–Crippen LogP) is 2.73. The predicted molar refractivity (Wildman–Crippen MR) is 74.2 cm³/mol. The highest BCUT2D eigenvalue weighted by Gasteiger charge is 2.38. The smallest absolute Gasteiger partial charge is 0.119 e. The molecule has 2 aliphatic rings. The Morgan fingerprint density at radius 1 is 1.22 bits per heavy atom. The number of likely N-dealkylation sites (tertiary alicyclic amines) is 1. The summed E-state index contributed by atoms with van der Waals surface area (Å²) >= 11 is 0. The van der Waals surface area contributed by atoms with Gasteiger partial charge in [-0.25, -0.2) is 0 Å². The fourth-order valence-electron chi connectivity index (χ4n) is 3.00. The highest BCUT2D eigenvalue weighted by Crippen LogP contribution is 2.34. The van der Waals surface area contributed by atoms with Crippen LogP contribution >= 0.6 is 0 Å². The normalized spacial score (nSPS) is 28.3. The molecule has 0 spiro atoms. The minimum Gasteiger partial charge on any atom is -0.497 e. The third-order valence-corrected chi connectivity index (χ3v) is 4.10. The Kier molecular flexibility index (Phi) is 3.16. The van der Waals surface area contributed by atoms with E-state index in [-0.39, 0.29) is 0 Å². The van der Waals surface area contributed by atoms with Gasteiger partial charge in [-0.3, -0.25) is 4.90 Å². The van der Waals surface area contributed by atoms with Crippen molar-refractivity contribution >= 4 is 5.69 Å². The van der Waals surface area contributed by atoms with Gasteiger partial charge in [-0.15, -0.1) is 0 Å². The molecule has 1 N–H and O–H groups in total. The van der Waals surface area contributed by atoms with Gasteiger partial charge in [0.2, 0.25) is 0 Å². The number of hydrogen-bond acceptors (Lipinski definition) is 3. The average molecular weight is 246 g/mol. The highest BCUT2D eigenvalue weighted by molar-refractivity contribution is 5.47. The summed E-state index contributed by atoms with van der Waals surface area (Å²) < 4.78 is 5.18. The van der Waals surface area contributed by atoms with Gasteiger partial charge < -0.3 is 10.1 Å². The largest absolute Gasteiger partial charge is 0.497 e. The Balaban J connectivity index is 1.59. The summed E-state index contributed by atoms with van der Waals surface area (Å²) in [5.74, 6) is 0.917. The van der Waals surface area contributed by atoms with Gasteiger partial charge in [0.25, 0.3) is 0 Å². The zero-order valence-electron chi connectivity index (χ0n) is 11.2. The van der Waals surface area contributed by atoms with Gasteiger partial charge in [0.15, 0.2) is 0 Å². The summed E-state index contributed by atoms with van der Waals surface area (Å²) in [6, 6.07) is 10.4. The van der Waals surface area contributed by atoms with Crippen molar-refractivity contribution in [2.24, 2.45) is 0 Å². The monoisotopic (exact) mass is 246 g/mol. The maximum Gasteiger partial charge on any atom is 0.119 e. The Labute approximate surface area is 109 Å². The molecule has 2 unspecified atom stereocenters. The molecule has 18 heavy (non-hydrogen) atoms. The maximum absolute atomic E-state index is 5.18. The molecule has 1 aromatic carbocycles. The summed E-state index contributed by atoms with van der Waals surface area (Å²) in [7, 11) is 1.70. The molecule has 3 nitrogen and oxygen atoms in total. The summed E-state index contributed by atoms with van der Waals surface area (Å²) in [4.78, 5) is 2.67. The second-order valence-corrected chi connectivity index (χ2v) is 5.58. The number of anilines is 1. The summed E-state index contributed by atoms with van der Waals surface area (Å²) in [6.45, 7) is 3.55. The van der Waals surface area contributed by atoms with Crippen LogP contribution < -0.4 is 10.1 Å². The van der Waals surface area contributed by atoms with Crippen LogP contribution in [0.25, 0.3) is 0 Å². The van der Waals surface area contributed by atoms with E-state index >= 15 is 0 Å². The van der Waals surface area contributed by atoms with Gasteiger partial charge in [-0.1, -0.05) is 0 Å². The summed E-state index contributed by atoms with van der Waals surface area (Å²) in [6.07, 6.45) is 4.06. The van der Waals surface area contributed by atoms with E-state index < -0.39 is 0 Å². The molecule has 0 bridgehead atoms. The fourth-order valence-corrected chi connectivity index (χ4v) is 3.00. The van der Waals surface area contributed by atoms with Crippen molar-refractivity contribution in [1.82, 2.24) is 4.90 Å². The van der Waals surface area contributed by atoms with Gasteiger partial charge in [-0.2, -0.15) is 0 Å². The van der Waals surface area contributed by atoms with Crippen LogP contribution in [0.4, 0.5) is 5.69 Å². The van der Waals surface area contributed by atoms with Crippen molar-refractivity contribution in [3.63, 3.8) is 0 Å². The molecule has 1 aliphatic carbocycles. The van der Waals surface area contributed by atoms with Crippen LogP contribution in [0.1, 0.15) is 26.2 Å². The number of nitrogens with zero attached hydrogens (tertiary/aromatic N) is 1. The standard InChI is InChI=1S/C15H22N2O/c1-11-9-13(10-17(11)14-5-6-14)16-12-3-7-15(18-2)8-4-12/h3-4,7-8,11,13-14,16H,5-6,9-10H2,1-2H3. The van der Waals surface area contributed by atoms with E-state index in [1.54, 1.807) is 7.11 Å². The molecule has 1 aromatic rings. The molecule has 1 aliphatic heterocycles. The lowest BCUT2D eigenvalue weighted by Gasteiger charge is -2.20. The first-order valence-electron chi connectivity index (χ1n) is 6.92. The first kappa shape index (κ1) is 11.8. The number of hydrogen-bond donors (Lipinski definition) is 1. The lowest BCUT2D eigenvalue weighted by molar-refractivity contribution is 0.257. The van der Waals surface area contributed by atoms with Crippen molar-refractivity contribution in [2.45, 2.75) is 44.3 Å². The lowest BCUT2D eigenvalue weighted by atomic mass is 10.2. The number of nitrogens with one attached hydrogen (secondary N) is 1. The van der Waals surface area contributed by atoms with Crippen LogP contribution in [-0.2, 0) is 0 Å². The number of benzene rings is 1. The molecular weight excluding hydrogens is 224 g/mol. The molecule has 3 heteroatoms. The minimum atomic E-state index is 0.592. The summed E-state index contributed by atoms with van der Waals surface area (Å²) in [5.41, 5.74) is 1.20. The van der Waals surface area contributed by atoms with Crippen LogP contribution in [0.3, 0.4) is 0 Å². The van der Waals surface area contributed by atoms with Crippen molar-refractivity contribution < 1.29 is 4.74 Å². The van der Waals surface area contributed by atoms with E-state index in [9.17, 15) is 0 Å². The molecule has 98 valence electrons. The Hall–Kier alpha value is -1.22. The number of methoxy groups -OCH3 is 1. The van der Waals surface area contributed by atoms with Gasteiger partial charge >= 0.3 is 0 Å². The summed E-state index contributed by atoms with van der Waals surface area (Å²) in [5, 5.41) is 3.64. The van der Waals surface area contributed by atoms with Crippen molar-refractivity contribution in [3.05, 3.63) is 24.3 Å². The maximum atomic E-state index is 5.18. The second kappa shape index (κ2) is 4.81. The van der Waals surface area contributed by atoms with Crippen LogP contribution in [-0.4, -0.2) is 36.7 Å². The van der Waals surface area contributed by atoms with Crippen LogP contribution in [0.2, 0.25) is 0 Å². The first-order valence-corrected chi connectivity index (χ1v) is 6.92. The van der Waals surface area contributed by atoms with Crippen LogP contribution in [0, 0.1) is 0 Å². The van der Waals surface area contributed by atoms with E-state index in [1.165, 1.54) is 31.5 Å². The molecule has 3 rings (SSSR count). The first-order chi connectivity index (χ1) is 8.76. The average Bonchev–Trinajstić information content (AvgIpc) is 3.15. The van der Waals surface area contributed by atoms with Gasteiger partial charge in [0.05, 0.1) is 7.11 Å². The lowest BCUT2D eigenvalue weighted by Crippen LogP contribution is -2.30. The van der Waals surface area contributed by atoms with E-state index in [4.69, 9.17) is 4.74 Å². The van der Waals surface area contributed by atoms with Crippen LogP contribution in [0.5, 0.6) is 5.75 Å². The Morgan fingerprint density at radius 2 is 1.94 bits per heavy atom. The van der Waals surface area contributed by atoms with Gasteiger partial charge in [0, 0.05) is 30.4 Å². The Bertz CT molecular complexity index is 399. The van der Waals surface area contributed by atoms with Crippen molar-refractivity contribution in [2.75, 3.05) is 19.0 Å². The van der Waals surface area contributed by atoms with Crippen LogP contribution in [0.15, 0.2) is 24.3 Å². The van der Waals surface area contributed by atoms with Crippen molar-refractivity contribution in [3.8, 4) is 5.75 Å². The molecule has 2 atom stereocenters. The zero-order chi connectivity index (χ0) is 12.5. The number of ether oxygens (including phenoxy) is 1. The van der Waals surface area contributed by atoms with E-state index in [2.05, 4.69) is 29.3 Å². The third kappa shape index (κ3) is 2.46. The number of rotatable bonds is 4. The SMILES string of the molecule is COc1ccc(NC2CC(C)N(C3CC3)C2)cc1. The van der Waals surface area contributed by atoms with E-state index in [1.807, 2.05) is 12.1 Å². The molecule has 2 fully saturated rings. The quantitative estimate of drug-likeness (QED) is 0.884. The fraction of sp³-hybridized carbons (Fsp3) is 0.600. The molecule has 1 heterocycles. The minimum absolute atomic E-state index is 0.592. The molecule has 0 radical (unpaired) electrons. The van der Waals surface area contributed by atoms with Gasteiger partial charge in [-0.05, 0) is 50.5 Å². The third-order valence-electron chi connectivity index (χ3n) is 4.10. The second-order valence-electron chi connectivity index (χ2n) is 5.58. The highest BCUT2D eigenvalue weighted by atomic mass is 16.5. The molecule has 1 saturated heterocycles. The molecule has 0 amide bonds. The van der Waals surface area contributed by atoms with E-state index in [0.717, 1.165) is 17.8 Å². The zero-order valence-corrected chi connectivity index (χ0v) is 11.2.